The lowest BCUT2D eigenvalue weighted by atomic mass is 9.94. The molecule has 1 heterocycles. The summed E-state index contributed by atoms with van der Waals surface area (Å²) in [7, 11) is 3.85. The van der Waals surface area contributed by atoms with Crippen LogP contribution in [0.2, 0.25) is 0 Å². The quantitative estimate of drug-likeness (QED) is 0.296. The molecular weight excluding hydrogens is 454 g/mol. The van der Waals surface area contributed by atoms with Crippen LogP contribution in [-0.2, 0) is 20.8 Å². The second-order valence-corrected chi connectivity index (χ2v) is 8.94. The normalized spacial score (nSPS) is 16.8. The number of hydrogen-bond acceptors (Lipinski definition) is 5. The maximum absolute atomic E-state index is 13.4. The lowest BCUT2D eigenvalue weighted by Crippen LogP contribution is -2.29. The van der Waals surface area contributed by atoms with Crippen molar-refractivity contribution in [2.45, 2.75) is 26.3 Å². The molecule has 184 valence electrons. The number of aliphatic hydroxyl groups is 1. The zero-order valence-corrected chi connectivity index (χ0v) is 20.8. The van der Waals surface area contributed by atoms with E-state index in [1.807, 2.05) is 62.3 Å². The van der Waals surface area contributed by atoms with Crippen LogP contribution in [0.5, 0.6) is 0 Å². The lowest BCUT2D eigenvalue weighted by Gasteiger charge is -2.26. The number of nitrogens with zero attached hydrogens (tertiary/aromatic N) is 2. The van der Waals surface area contributed by atoms with Gasteiger partial charge in [-0.05, 0) is 47.9 Å². The van der Waals surface area contributed by atoms with Crippen molar-refractivity contribution in [3.8, 4) is 0 Å². The summed E-state index contributed by atoms with van der Waals surface area (Å²) in [6.07, 6.45) is 0.842. The van der Waals surface area contributed by atoms with Crippen LogP contribution in [0, 0.1) is 0 Å². The number of carbonyl (C=O) groups excluding carboxylic acids is 3. The summed E-state index contributed by atoms with van der Waals surface area (Å²) in [5, 5.41) is 14.0. The highest BCUT2D eigenvalue weighted by Crippen LogP contribution is 2.43. The predicted molar refractivity (Wildman–Crippen MR) is 142 cm³/mol. The third-order valence-electron chi connectivity index (χ3n) is 6.25. The van der Waals surface area contributed by atoms with E-state index in [0.717, 1.165) is 17.7 Å². The number of carbonyl (C=O) groups is 3. The molecule has 1 aliphatic rings. The van der Waals surface area contributed by atoms with Crippen molar-refractivity contribution >= 4 is 40.4 Å². The number of ketones is 1. The molecule has 0 spiro atoms. The third kappa shape index (κ3) is 4.73. The van der Waals surface area contributed by atoms with Crippen LogP contribution in [0.15, 0.2) is 78.4 Å². The summed E-state index contributed by atoms with van der Waals surface area (Å²) >= 11 is 0. The minimum absolute atomic E-state index is 0.0202. The number of aliphatic hydroxyl groups excluding tert-OH is 1. The van der Waals surface area contributed by atoms with Gasteiger partial charge in [0.2, 0.25) is 5.91 Å². The van der Waals surface area contributed by atoms with Gasteiger partial charge in [-0.3, -0.25) is 19.3 Å². The van der Waals surface area contributed by atoms with E-state index in [9.17, 15) is 19.5 Å². The Bertz CT molecular complexity index is 1340. The van der Waals surface area contributed by atoms with Crippen molar-refractivity contribution in [1.29, 1.82) is 0 Å². The van der Waals surface area contributed by atoms with Gasteiger partial charge in [0.1, 0.15) is 5.76 Å². The molecule has 3 aromatic carbocycles. The summed E-state index contributed by atoms with van der Waals surface area (Å²) in [5.41, 5.74) is 4.15. The van der Waals surface area contributed by atoms with E-state index in [-0.39, 0.29) is 17.2 Å². The minimum Gasteiger partial charge on any atom is -0.507 e. The highest BCUT2D eigenvalue weighted by molar-refractivity contribution is 6.51. The van der Waals surface area contributed by atoms with E-state index in [1.54, 1.807) is 36.4 Å². The molecule has 1 aliphatic heterocycles. The van der Waals surface area contributed by atoms with Gasteiger partial charge in [-0.2, -0.15) is 0 Å². The van der Waals surface area contributed by atoms with Gasteiger partial charge >= 0.3 is 0 Å². The van der Waals surface area contributed by atoms with E-state index in [1.165, 1.54) is 11.8 Å². The second kappa shape index (κ2) is 10.1. The Labute approximate surface area is 210 Å². The van der Waals surface area contributed by atoms with E-state index in [4.69, 9.17) is 0 Å². The predicted octanol–water partition coefficient (Wildman–Crippen LogP) is 4.90. The van der Waals surface area contributed by atoms with Gasteiger partial charge in [0, 0.05) is 43.6 Å². The van der Waals surface area contributed by atoms with Gasteiger partial charge in [-0.15, -0.1) is 0 Å². The smallest absolute Gasteiger partial charge is 0.300 e. The molecule has 0 aliphatic carbocycles. The molecular formula is C29H29N3O4. The summed E-state index contributed by atoms with van der Waals surface area (Å²) in [6, 6.07) is 20.7. The maximum atomic E-state index is 13.4. The molecule has 3 aromatic rings. The number of rotatable bonds is 6. The number of aryl methyl sites for hydroxylation is 1. The molecule has 1 atom stereocenters. The molecule has 0 saturated carbocycles. The largest absolute Gasteiger partial charge is 0.507 e. The van der Waals surface area contributed by atoms with E-state index in [2.05, 4.69) is 5.32 Å². The first-order valence-corrected chi connectivity index (χ1v) is 11.8. The fourth-order valence-corrected chi connectivity index (χ4v) is 4.36. The van der Waals surface area contributed by atoms with Gasteiger partial charge in [-0.1, -0.05) is 49.4 Å². The standard InChI is InChI=1S/C29H29N3O4/c1-5-19-9-11-21(12-10-19)27(34)25-26(20-13-15-23(16-14-20)31(3)4)32(29(36)28(25)35)24-8-6-7-22(17-24)30-18(2)33/h6-17,26,34H,5H2,1-4H3,(H,30,33)/b27-25+. The number of amides is 2. The molecule has 2 amide bonds. The van der Waals surface area contributed by atoms with Crippen LogP contribution in [0.25, 0.3) is 5.76 Å². The van der Waals surface area contributed by atoms with Crippen molar-refractivity contribution in [2.75, 3.05) is 29.2 Å². The molecule has 4 rings (SSSR count). The average molecular weight is 484 g/mol. The Kier molecular flexibility index (Phi) is 6.92. The number of benzene rings is 3. The zero-order valence-electron chi connectivity index (χ0n) is 20.8. The van der Waals surface area contributed by atoms with Crippen LogP contribution in [0.4, 0.5) is 17.1 Å². The maximum Gasteiger partial charge on any atom is 0.300 e. The Morgan fingerprint density at radius 2 is 1.67 bits per heavy atom. The van der Waals surface area contributed by atoms with Crippen molar-refractivity contribution in [3.63, 3.8) is 0 Å². The van der Waals surface area contributed by atoms with Crippen LogP contribution >= 0.6 is 0 Å². The molecule has 2 N–H and O–H groups in total. The first-order chi connectivity index (χ1) is 17.2. The van der Waals surface area contributed by atoms with Gasteiger partial charge in [0.15, 0.2) is 0 Å². The molecule has 0 aromatic heterocycles. The molecule has 7 nitrogen and oxygen atoms in total. The fraction of sp³-hybridized carbons (Fsp3) is 0.207. The number of anilines is 3. The highest BCUT2D eigenvalue weighted by Gasteiger charge is 2.47. The number of hydrogen-bond donors (Lipinski definition) is 2. The minimum atomic E-state index is -0.848. The molecule has 36 heavy (non-hydrogen) atoms. The first-order valence-electron chi connectivity index (χ1n) is 11.8. The van der Waals surface area contributed by atoms with Crippen molar-refractivity contribution in [3.05, 3.63) is 95.1 Å². The molecule has 7 heteroatoms. The van der Waals surface area contributed by atoms with E-state index in [0.29, 0.717) is 22.5 Å². The Hall–Kier alpha value is -4.39. The van der Waals surface area contributed by atoms with E-state index >= 15 is 0 Å². The monoisotopic (exact) mass is 483 g/mol. The molecule has 1 unspecified atom stereocenters. The van der Waals surface area contributed by atoms with Crippen LogP contribution in [0.1, 0.15) is 36.6 Å². The summed E-state index contributed by atoms with van der Waals surface area (Å²) in [5.74, 6) is -1.99. The summed E-state index contributed by atoms with van der Waals surface area (Å²) < 4.78 is 0. The molecule has 0 bridgehead atoms. The van der Waals surface area contributed by atoms with Crippen LogP contribution in [-0.4, -0.2) is 36.8 Å². The Balaban J connectivity index is 1.89. The summed E-state index contributed by atoms with van der Waals surface area (Å²) in [6.45, 7) is 3.43. The third-order valence-corrected chi connectivity index (χ3v) is 6.25. The van der Waals surface area contributed by atoms with Crippen LogP contribution in [0.3, 0.4) is 0 Å². The van der Waals surface area contributed by atoms with Crippen molar-refractivity contribution in [1.82, 2.24) is 0 Å². The highest BCUT2D eigenvalue weighted by atomic mass is 16.3. The number of Topliss-reactive ketones (excluding diaryl/α,β-unsaturated/α-hetero) is 1. The van der Waals surface area contributed by atoms with Crippen LogP contribution < -0.4 is 15.1 Å². The molecule has 1 saturated heterocycles. The average Bonchev–Trinajstić information content (AvgIpc) is 3.13. The lowest BCUT2D eigenvalue weighted by molar-refractivity contribution is -0.132. The van der Waals surface area contributed by atoms with E-state index < -0.39 is 17.7 Å². The summed E-state index contributed by atoms with van der Waals surface area (Å²) in [4.78, 5) is 41.7. The van der Waals surface area contributed by atoms with Gasteiger partial charge in [-0.25, -0.2) is 0 Å². The second-order valence-electron chi connectivity index (χ2n) is 8.94. The fourth-order valence-electron chi connectivity index (χ4n) is 4.36. The van der Waals surface area contributed by atoms with Gasteiger partial charge in [0.25, 0.3) is 11.7 Å². The Morgan fingerprint density at radius 1 is 1.00 bits per heavy atom. The molecule has 1 fully saturated rings. The zero-order chi connectivity index (χ0) is 26.0. The molecule has 0 radical (unpaired) electrons. The topological polar surface area (TPSA) is 90.0 Å². The first kappa shape index (κ1) is 24.7. The van der Waals surface area contributed by atoms with Crippen molar-refractivity contribution in [2.24, 2.45) is 0 Å². The SMILES string of the molecule is CCc1ccc(/C(O)=C2\C(=O)C(=O)N(c3cccc(NC(C)=O)c3)C2c2ccc(N(C)C)cc2)cc1. The van der Waals surface area contributed by atoms with Gasteiger partial charge < -0.3 is 15.3 Å². The van der Waals surface area contributed by atoms with Gasteiger partial charge in [0.05, 0.1) is 11.6 Å². The van der Waals surface area contributed by atoms with Crippen molar-refractivity contribution < 1.29 is 19.5 Å². The number of nitrogens with one attached hydrogen (secondary N) is 1. The Morgan fingerprint density at radius 3 is 2.25 bits per heavy atom.